The fourth-order valence-electron chi connectivity index (χ4n) is 2.34. The molecular formula is C19H20F3N3O6S. The molecule has 0 saturated carbocycles. The molecule has 0 aliphatic heterocycles. The van der Waals surface area contributed by atoms with Crippen LogP contribution in [0.25, 0.3) is 0 Å². The van der Waals surface area contributed by atoms with Crippen molar-refractivity contribution in [2.45, 2.75) is 30.6 Å². The molecule has 0 aromatic heterocycles. The van der Waals surface area contributed by atoms with E-state index in [4.69, 9.17) is 4.74 Å². The molecule has 0 heterocycles. The maximum Gasteiger partial charge on any atom is 0.460 e. The summed E-state index contributed by atoms with van der Waals surface area (Å²) >= 11 is 0. The van der Waals surface area contributed by atoms with Crippen molar-refractivity contribution in [3.8, 4) is 5.75 Å². The molecule has 1 atom stereocenters. The molecule has 0 radical (unpaired) electrons. The highest BCUT2D eigenvalue weighted by atomic mass is 32.2. The van der Waals surface area contributed by atoms with Gasteiger partial charge in [-0.05, 0) is 38.1 Å². The number of ether oxygens (including phenoxy) is 2. The highest BCUT2D eigenvalue weighted by Crippen LogP contribution is 2.34. The molecular weight excluding hydrogens is 455 g/mol. The van der Waals surface area contributed by atoms with Gasteiger partial charge in [-0.25, -0.2) is 18.0 Å². The first kappa shape index (κ1) is 24.9. The largest absolute Gasteiger partial charge is 0.461 e. The number of alkyl halides is 3. The SMILES string of the molecule is CCOC(=O)[C@@](NC(=O)NNS(=O)(=O)c1ccc(C)cc1)(Oc1ccccc1)C(F)(F)F. The zero-order valence-electron chi connectivity index (χ0n) is 16.9. The van der Waals surface area contributed by atoms with Crippen LogP contribution in [0.15, 0.2) is 59.5 Å². The Morgan fingerprint density at radius 2 is 1.59 bits per heavy atom. The van der Waals surface area contributed by atoms with E-state index in [2.05, 4.69) is 4.74 Å². The number of esters is 1. The number of hydrazine groups is 1. The van der Waals surface area contributed by atoms with Crippen LogP contribution in [0.3, 0.4) is 0 Å². The van der Waals surface area contributed by atoms with Crippen LogP contribution in [0, 0.1) is 6.92 Å². The maximum atomic E-state index is 14.0. The third kappa shape index (κ3) is 5.88. The van der Waals surface area contributed by atoms with Gasteiger partial charge in [-0.3, -0.25) is 10.7 Å². The lowest BCUT2D eigenvalue weighted by molar-refractivity contribution is -0.259. The maximum absolute atomic E-state index is 14.0. The van der Waals surface area contributed by atoms with E-state index >= 15 is 0 Å². The summed E-state index contributed by atoms with van der Waals surface area (Å²) in [4.78, 5) is 25.8. The summed E-state index contributed by atoms with van der Waals surface area (Å²) in [6, 6.07) is 10.1. The molecule has 9 nitrogen and oxygen atoms in total. The van der Waals surface area contributed by atoms with Crippen LogP contribution in [0.5, 0.6) is 5.75 Å². The summed E-state index contributed by atoms with van der Waals surface area (Å²) in [6.07, 6.45) is -5.48. The lowest BCUT2D eigenvalue weighted by Gasteiger charge is -2.33. The Hall–Kier alpha value is -3.32. The minimum atomic E-state index is -5.48. The molecule has 0 aliphatic rings. The summed E-state index contributed by atoms with van der Waals surface area (Å²) in [6.45, 7) is 2.53. The van der Waals surface area contributed by atoms with Gasteiger partial charge < -0.3 is 9.47 Å². The Labute approximate surface area is 181 Å². The van der Waals surface area contributed by atoms with E-state index in [0.29, 0.717) is 0 Å². The fraction of sp³-hybridized carbons (Fsp3) is 0.263. The van der Waals surface area contributed by atoms with Crippen molar-refractivity contribution in [3.63, 3.8) is 0 Å². The molecule has 0 bridgehead atoms. The number of aryl methyl sites for hydroxylation is 1. The molecule has 13 heteroatoms. The van der Waals surface area contributed by atoms with Crippen LogP contribution < -0.4 is 20.3 Å². The number of hydrogen-bond acceptors (Lipinski definition) is 6. The van der Waals surface area contributed by atoms with E-state index in [1.54, 1.807) is 17.2 Å². The molecule has 2 aromatic rings. The van der Waals surface area contributed by atoms with Crippen molar-refractivity contribution >= 4 is 22.0 Å². The minimum absolute atomic E-state index is 0.253. The van der Waals surface area contributed by atoms with Crippen molar-refractivity contribution in [1.82, 2.24) is 15.6 Å². The van der Waals surface area contributed by atoms with Gasteiger partial charge >= 0.3 is 23.9 Å². The Bertz CT molecular complexity index is 1050. The van der Waals surface area contributed by atoms with Crippen molar-refractivity contribution in [3.05, 3.63) is 60.2 Å². The summed E-state index contributed by atoms with van der Waals surface area (Å²) in [5.74, 6) is -2.36. The van der Waals surface area contributed by atoms with E-state index in [9.17, 15) is 31.2 Å². The van der Waals surface area contributed by atoms with E-state index < -0.39 is 46.3 Å². The molecule has 2 rings (SSSR count). The summed E-state index contributed by atoms with van der Waals surface area (Å²) in [5, 5.41) is 1.34. The molecule has 0 unspecified atom stereocenters. The average molecular weight is 475 g/mol. The number of benzene rings is 2. The molecule has 0 fully saturated rings. The lowest BCUT2D eigenvalue weighted by Crippen LogP contribution is -2.70. The summed E-state index contributed by atoms with van der Waals surface area (Å²) in [5.41, 5.74) is -1.62. The highest BCUT2D eigenvalue weighted by molar-refractivity contribution is 7.89. The number of urea groups is 1. The second-order valence-corrected chi connectivity index (χ2v) is 7.99. The minimum Gasteiger partial charge on any atom is -0.461 e. The molecule has 174 valence electrons. The number of sulfonamides is 1. The number of hydrogen-bond donors (Lipinski definition) is 3. The first-order valence-electron chi connectivity index (χ1n) is 9.06. The summed E-state index contributed by atoms with van der Waals surface area (Å²) in [7, 11) is -4.31. The van der Waals surface area contributed by atoms with Crippen LogP contribution in [-0.2, 0) is 19.6 Å². The zero-order chi connectivity index (χ0) is 24.0. The number of halogens is 3. The van der Waals surface area contributed by atoms with Crippen LogP contribution in [0.4, 0.5) is 18.0 Å². The topological polar surface area (TPSA) is 123 Å². The molecule has 3 N–H and O–H groups in total. The third-order valence-corrected chi connectivity index (χ3v) is 5.16. The lowest BCUT2D eigenvalue weighted by atomic mass is 10.2. The van der Waals surface area contributed by atoms with Crippen molar-refractivity contribution < 1.29 is 40.7 Å². The Balaban J connectivity index is 2.28. The Morgan fingerprint density at radius 1 is 1.00 bits per heavy atom. The number of nitrogens with one attached hydrogen (secondary N) is 3. The fourth-order valence-corrected chi connectivity index (χ4v) is 3.18. The van der Waals surface area contributed by atoms with Crippen LogP contribution in [-0.4, -0.2) is 38.9 Å². The zero-order valence-corrected chi connectivity index (χ0v) is 17.7. The Morgan fingerprint density at radius 3 is 2.12 bits per heavy atom. The average Bonchev–Trinajstić information content (AvgIpc) is 2.72. The number of carbonyl (C=O) groups excluding carboxylic acids is 2. The quantitative estimate of drug-likeness (QED) is 0.306. The highest BCUT2D eigenvalue weighted by Gasteiger charge is 2.66. The van der Waals surface area contributed by atoms with E-state index in [0.717, 1.165) is 17.7 Å². The standard InChI is InChI=1S/C19H20F3N3O6S/c1-3-30-16(26)18(19(20,21)22,31-14-7-5-4-6-8-14)23-17(27)24-25-32(28,29)15-11-9-13(2)10-12-15/h4-12,25H,3H2,1-2H3,(H2,23,24,27)/t18-/m1/s1. The first-order chi connectivity index (χ1) is 14.9. The molecule has 2 aromatic carbocycles. The second kappa shape index (κ2) is 9.87. The van der Waals surface area contributed by atoms with Gasteiger partial charge in [-0.2, -0.15) is 13.2 Å². The number of para-hydroxylation sites is 1. The van der Waals surface area contributed by atoms with Crippen LogP contribution in [0.2, 0.25) is 0 Å². The van der Waals surface area contributed by atoms with E-state index in [1.165, 1.54) is 54.7 Å². The first-order valence-corrected chi connectivity index (χ1v) is 10.5. The van der Waals surface area contributed by atoms with Gasteiger partial charge in [0.05, 0.1) is 11.5 Å². The van der Waals surface area contributed by atoms with E-state index in [-0.39, 0.29) is 4.90 Å². The second-order valence-electron chi connectivity index (χ2n) is 6.31. The molecule has 0 spiro atoms. The van der Waals surface area contributed by atoms with Crippen molar-refractivity contribution in [1.29, 1.82) is 0 Å². The smallest absolute Gasteiger partial charge is 0.460 e. The van der Waals surface area contributed by atoms with Crippen molar-refractivity contribution in [2.24, 2.45) is 0 Å². The molecule has 32 heavy (non-hydrogen) atoms. The van der Waals surface area contributed by atoms with Gasteiger partial charge in [0.2, 0.25) is 0 Å². The van der Waals surface area contributed by atoms with Gasteiger partial charge in [-0.1, -0.05) is 35.9 Å². The Kier molecular flexibility index (Phi) is 7.69. The predicted molar refractivity (Wildman–Crippen MR) is 106 cm³/mol. The van der Waals surface area contributed by atoms with Gasteiger partial charge in [0.15, 0.2) is 0 Å². The van der Waals surface area contributed by atoms with E-state index in [1.807, 2.05) is 0 Å². The van der Waals surface area contributed by atoms with Crippen LogP contribution >= 0.6 is 0 Å². The third-order valence-electron chi connectivity index (χ3n) is 3.90. The monoisotopic (exact) mass is 475 g/mol. The number of amides is 2. The normalized spacial score (nSPS) is 13.5. The predicted octanol–water partition coefficient (Wildman–Crippen LogP) is 2.39. The summed E-state index contributed by atoms with van der Waals surface area (Å²) < 4.78 is 75.7. The number of rotatable bonds is 8. The van der Waals surface area contributed by atoms with Crippen molar-refractivity contribution in [2.75, 3.05) is 6.61 Å². The molecule has 2 amide bonds. The van der Waals surface area contributed by atoms with Gasteiger partial charge in [-0.15, -0.1) is 4.83 Å². The van der Waals surface area contributed by atoms with Gasteiger partial charge in [0.1, 0.15) is 5.75 Å². The van der Waals surface area contributed by atoms with Gasteiger partial charge in [0.25, 0.3) is 10.0 Å². The number of carbonyl (C=O) groups is 2. The molecule has 0 saturated heterocycles. The van der Waals surface area contributed by atoms with Crippen LogP contribution in [0.1, 0.15) is 12.5 Å². The van der Waals surface area contributed by atoms with Gasteiger partial charge in [0, 0.05) is 0 Å². The molecule has 0 aliphatic carbocycles.